The molecule has 0 bridgehead atoms. The fraction of sp³-hybridized carbons (Fsp3) is 0.467. The number of carbonyl (C=O) groups is 1. The van der Waals surface area contributed by atoms with Gasteiger partial charge in [-0.2, -0.15) is 0 Å². The first-order valence-electron chi connectivity index (χ1n) is 6.93. The smallest absolute Gasteiger partial charge is 0.328 e. The second-order valence-electron chi connectivity index (χ2n) is 4.73. The molecular weight excluding hydrogens is 256 g/mol. The van der Waals surface area contributed by atoms with Crippen molar-refractivity contribution in [3.8, 4) is 0 Å². The predicted molar refractivity (Wildman–Crippen MR) is 77.8 cm³/mol. The number of pyridine rings is 1. The summed E-state index contributed by atoms with van der Waals surface area (Å²) in [5.41, 5.74) is 0.838. The molecule has 5 nitrogen and oxygen atoms in total. The van der Waals surface area contributed by atoms with Crippen LogP contribution in [0.4, 0.5) is 5.82 Å². The number of nitrogens with zero attached hydrogens (tertiary/aromatic N) is 2. The monoisotopic (exact) mass is 276 g/mol. The van der Waals surface area contributed by atoms with Crippen molar-refractivity contribution in [2.24, 2.45) is 0 Å². The molecule has 1 aromatic rings. The normalized spacial score (nSPS) is 16.8. The van der Waals surface area contributed by atoms with E-state index in [1.54, 1.807) is 12.3 Å². The number of hydrogen-bond donors (Lipinski definition) is 1. The summed E-state index contributed by atoms with van der Waals surface area (Å²) in [6, 6.07) is 3.70. The van der Waals surface area contributed by atoms with Crippen LogP contribution < -0.4 is 4.90 Å². The molecule has 0 atom stereocenters. The first kappa shape index (κ1) is 14.5. The Labute approximate surface area is 118 Å². The molecule has 5 heteroatoms. The van der Waals surface area contributed by atoms with Gasteiger partial charge in [0.15, 0.2) is 0 Å². The summed E-state index contributed by atoms with van der Waals surface area (Å²) in [4.78, 5) is 17.2. The van der Waals surface area contributed by atoms with Gasteiger partial charge >= 0.3 is 5.97 Å². The number of aromatic nitrogens is 1. The molecule has 108 valence electrons. The van der Waals surface area contributed by atoms with E-state index in [4.69, 9.17) is 9.84 Å². The lowest BCUT2D eigenvalue weighted by Crippen LogP contribution is -2.37. The summed E-state index contributed by atoms with van der Waals surface area (Å²) in [5.74, 6) is -0.102. The molecule has 0 aliphatic carbocycles. The fourth-order valence-electron chi connectivity index (χ4n) is 2.43. The molecule has 0 aromatic carbocycles. The minimum atomic E-state index is -0.949. The molecular formula is C15H20N2O3. The summed E-state index contributed by atoms with van der Waals surface area (Å²) in [6.07, 6.45) is 6.77. The summed E-state index contributed by atoms with van der Waals surface area (Å²) < 4.78 is 5.64. The highest BCUT2D eigenvalue weighted by molar-refractivity contribution is 5.86. The fourth-order valence-corrected chi connectivity index (χ4v) is 2.43. The highest BCUT2D eigenvalue weighted by Gasteiger charge is 2.21. The maximum absolute atomic E-state index is 10.6. The van der Waals surface area contributed by atoms with Gasteiger partial charge in [0.05, 0.1) is 6.10 Å². The van der Waals surface area contributed by atoms with Crippen molar-refractivity contribution in [1.82, 2.24) is 4.98 Å². The number of carboxylic acid groups (broad SMARTS) is 1. The van der Waals surface area contributed by atoms with Crippen LogP contribution in [0.25, 0.3) is 6.08 Å². The lowest BCUT2D eigenvalue weighted by atomic mass is 10.1. The third-order valence-corrected chi connectivity index (χ3v) is 3.37. The highest BCUT2D eigenvalue weighted by Crippen LogP contribution is 2.23. The Balaban J connectivity index is 2.08. The zero-order valence-electron chi connectivity index (χ0n) is 11.7. The first-order valence-corrected chi connectivity index (χ1v) is 6.93. The predicted octanol–water partition coefficient (Wildman–Crippen LogP) is 2.18. The van der Waals surface area contributed by atoms with Gasteiger partial charge in [-0.15, -0.1) is 0 Å². The third kappa shape index (κ3) is 3.81. The molecule has 0 amide bonds. The molecule has 2 heterocycles. The van der Waals surface area contributed by atoms with Crippen molar-refractivity contribution in [3.05, 3.63) is 30.0 Å². The first-order chi connectivity index (χ1) is 9.70. The van der Waals surface area contributed by atoms with Crippen molar-refractivity contribution in [2.45, 2.75) is 25.9 Å². The van der Waals surface area contributed by atoms with Gasteiger partial charge in [0, 0.05) is 37.5 Å². The molecule has 0 radical (unpaired) electrons. The Morgan fingerprint density at radius 3 is 2.95 bits per heavy atom. The van der Waals surface area contributed by atoms with Gasteiger partial charge in [-0.3, -0.25) is 0 Å². The minimum absolute atomic E-state index is 0.331. The van der Waals surface area contributed by atoms with E-state index in [1.807, 2.05) is 19.1 Å². The van der Waals surface area contributed by atoms with E-state index in [9.17, 15) is 4.79 Å². The van der Waals surface area contributed by atoms with E-state index < -0.39 is 5.97 Å². The maximum Gasteiger partial charge on any atom is 0.328 e. The van der Waals surface area contributed by atoms with Crippen LogP contribution in [0.15, 0.2) is 24.4 Å². The van der Waals surface area contributed by atoms with Crippen LogP contribution in [0.3, 0.4) is 0 Å². The second kappa shape index (κ2) is 7.05. The van der Waals surface area contributed by atoms with E-state index in [0.717, 1.165) is 50.0 Å². The second-order valence-corrected chi connectivity index (χ2v) is 4.73. The lowest BCUT2D eigenvalue weighted by molar-refractivity contribution is -0.131. The van der Waals surface area contributed by atoms with Crippen LogP contribution in [0, 0.1) is 0 Å². The summed E-state index contributed by atoms with van der Waals surface area (Å²) in [7, 11) is 0. The maximum atomic E-state index is 10.6. The van der Waals surface area contributed by atoms with E-state index in [2.05, 4.69) is 9.88 Å². The molecule has 0 saturated carbocycles. The summed E-state index contributed by atoms with van der Waals surface area (Å²) in [5, 5.41) is 8.73. The number of carboxylic acids is 1. The molecule has 0 spiro atoms. The standard InChI is InChI=1S/C15H20N2O3/c1-2-20-13-7-10-17(11-8-13)15-12(4-3-9-16-15)5-6-14(18)19/h3-6,9,13H,2,7-8,10-11H2,1H3,(H,18,19)/b6-5+. The van der Waals surface area contributed by atoms with Crippen molar-refractivity contribution >= 4 is 17.9 Å². The van der Waals surface area contributed by atoms with Gasteiger partial charge in [0.2, 0.25) is 0 Å². The van der Waals surface area contributed by atoms with Crippen LogP contribution >= 0.6 is 0 Å². The van der Waals surface area contributed by atoms with Crippen molar-refractivity contribution < 1.29 is 14.6 Å². The van der Waals surface area contributed by atoms with E-state index in [-0.39, 0.29) is 0 Å². The minimum Gasteiger partial charge on any atom is -0.478 e. The Morgan fingerprint density at radius 2 is 2.30 bits per heavy atom. The van der Waals surface area contributed by atoms with Crippen LogP contribution in [0.2, 0.25) is 0 Å². The van der Waals surface area contributed by atoms with Gasteiger partial charge in [-0.05, 0) is 38.0 Å². The number of piperidine rings is 1. The van der Waals surface area contributed by atoms with Crippen LogP contribution in [-0.2, 0) is 9.53 Å². The van der Waals surface area contributed by atoms with Gasteiger partial charge in [-0.25, -0.2) is 9.78 Å². The molecule has 1 aromatic heterocycles. The average Bonchev–Trinajstić information content (AvgIpc) is 2.47. The Morgan fingerprint density at radius 1 is 1.55 bits per heavy atom. The van der Waals surface area contributed by atoms with Crippen molar-refractivity contribution in [1.29, 1.82) is 0 Å². The number of aliphatic carboxylic acids is 1. The quantitative estimate of drug-likeness (QED) is 0.835. The molecule has 0 unspecified atom stereocenters. The molecule has 1 N–H and O–H groups in total. The number of hydrogen-bond acceptors (Lipinski definition) is 4. The van der Waals surface area contributed by atoms with Gasteiger partial charge < -0.3 is 14.7 Å². The van der Waals surface area contributed by atoms with Gasteiger partial charge in [0.25, 0.3) is 0 Å². The Hall–Kier alpha value is -1.88. The zero-order valence-corrected chi connectivity index (χ0v) is 11.7. The van der Waals surface area contributed by atoms with Gasteiger partial charge in [0.1, 0.15) is 5.82 Å². The number of ether oxygens (including phenoxy) is 1. The largest absolute Gasteiger partial charge is 0.478 e. The molecule has 1 saturated heterocycles. The number of anilines is 1. The zero-order chi connectivity index (χ0) is 14.4. The van der Waals surface area contributed by atoms with Crippen LogP contribution in [0.5, 0.6) is 0 Å². The molecule has 1 aliphatic heterocycles. The summed E-state index contributed by atoms with van der Waals surface area (Å²) >= 11 is 0. The third-order valence-electron chi connectivity index (χ3n) is 3.37. The molecule has 20 heavy (non-hydrogen) atoms. The summed E-state index contributed by atoms with van der Waals surface area (Å²) in [6.45, 7) is 4.53. The van der Waals surface area contributed by atoms with E-state index in [0.29, 0.717) is 6.10 Å². The Bertz CT molecular complexity index is 480. The molecule has 1 fully saturated rings. The lowest BCUT2D eigenvalue weighted by Gasteiger charge is -2.33. The molecule has 1 aliphatic rings. The van der Waals surface area contributed by atoms with Crippen LogP contribution in [-0.4, -0.2) is 41.9 Å². The topological polar surface area (TPSA) is 62.7 Å². The van der Waals surface area contributed by atoms with Crippen molar-refractivity contribution in [3.63, 3.8) is 0 Å². The average molecular weight is 276 g/mol. The van der Waals surface area contributed by atoms with E-state index in [1.165, 1.54) is 0 Å². The SMILES string of the molecule is CCOC1CCN(c2ncccc2/C=C/C(=O)O)CC1. The number of rotatable bonds is 5. The highest BCUT2D eigenvalue weighted by atomic mass is 16.5. The Kier molecular flexibility index (Phi) is 5.12. The van der Waals surface area contributed by atoms with Gasteiger partial charge in [-0.1, -0.05) is 0 Å². The van der Waals surface area contributed by atoms with Crippen LogP contribution in [0.1, 0.15) is 25.3 Å². The molecule has 2 rings (SSSR count). The van der Waals surface area contributed by atoms with Crippen molar-refractivity contribution in [2.75, 3.05) is 24.6 Å². The van der Waals surface area contributed by atoms with E-state index >= 15 is 0 Å².